The van der Waals surface area contributed by atoms with Gasteiger partial charge in [0.25, 0.3) is 11.8 Å². The molecule has 0 saturated heterocycles. The number of hydrogen-bond acceptors (Lipinski definition) is 5. The van der Waals surface area contributed by atoms with E-state index in [2.05, 4.69) is 4.74 Å². The Morgan fingerprint density at radius 3 is 2.10 bits per heavy atom. The van der Waals surface area contributed by atoms with Crippen LogP contribution in [0.15, 0.2) is 54.6 Å². The van der Waals surface area contributed by atoms with Crippen molar-refractivity contribution in [1.29, 1.82) is 0 Å². The Labute approximate surface area is 168 Å². The van der Waals surface area contributed by atoms with Gasteiger partial charge in [-0.25, -0.2) is 0 Å². The van der Waals surface area contributed by atoms with Gasteiger partial charge in [-0.15, -0.1) is 0 Å². The summed E-state index contributed by atoms with van der Waals surface area (Å²) in [5.41, 5.74) is 1.67. The summed E-state index contributed by atoms with van der Waals surface area (Å²) in [5.74, 6) is -1.42. The first kappa shape index (κ1) is 20.3. The predicted molar refractivity (Wildman–Crippen MR) is 105 cm³/mol. The molecule has 0 unspecified atom stereocenters. The van der Waals surface area contributed by atoms with Crippen LogP contribution in [-0.4, -0.2) is 53.7 Å². The van der Waals surface area contributed by atoms with E-state index < -0.39 is 5.97 Å². The van der Waals surface area contributed by atoms with Crippen molar-refractivity contribution in [3.05, 3.63) is 71.3 Å². The van der Waals surface area contributed by atoms with Crippen LogP contribution in [0.5, 0.6) is 0 Å². The van der Waals surface area contributed by atoms with E-state index in [1.807, 2.05) is 30.3 Å². The Morgan fingerprint density at radius 2 is 1.52 bits per heavy atom. The fourth-order valence-electron chi connectivity index (χ4n) is 3.25. The molecule has 150 valence electrons. The van der Waals surface area contributed by atoms with Crippen LogP contribution < -0.4 is 0 Å². The van der Waals surface area contributed by atoms with Crippen molar-refractivity contribution in [1.82, 2.24) is 9.80 Å². The SMILES string of the molecule is COC(=O)CN(Cc1ccccc1)C(=O)CCCN1C(=O)c2ccccc2C1=O. The van der Waals surface area contributed by atoms with E-state index in [0.717, 1.165) is 5.56 Å². The molecule has 3 rings (SSSR count). The molecule has 7 nitrogen and oxygen atoms in total. The lowest BCUT2D eigenvalue weighted by atomic mass is 10.1. The molecule has 0 spiro atoms. The first-order valence-electron chi connectivity index (χ1n) is 9.35. The first-order chi connectivity index (χ1) is 14.0. The van der Waals surface area contributed by atoms with Crippen molar-refractivity contribution in [2.24, 2.45) is 0 Å². The molecule has 1 heterocycles. The van der Waals surface area contributed by atoms with Crippen LogP contribution in [-0.2, 0) is 20.9 Å². The van der Waals surface area contributed by atoms with Crippen molar-refractivity contribution >= 4 is 23.7 Å². The second kappa shape index (κ2) is 9.14. The lowest BCUT2D eigenvalue weighted by molar-refractivity contribution is -0.147. The molecular weight excluding hydrogens is 372 g/mol. The minimum atomic E-state index is -0.505. The summed E-state index contributed by atoms with van der Waals surface area (Å²) in [6, 6.07) is 16.0. The van der Waals surface area contributed by atoms with Gasteiger partial charge in [-0.2, -0.15) is 0 Å². The van der Waals surface area contributed by atoms with E-state index in [9.17, 15) is 19.2 Å². The molecule has 1 aliphatic rings. The maximum Gasteiger partial charge on any atom is 0.325 e. The average molecular weight is 394 g/mol. The van der Waals surface area contributed by atoms with Gasteiger partial charge in [0, 0.05) is 19.5 Å². The van der Waals surface area contributed by atoms with Gasteiger partial charge in [-0.05, 0) is 24.1 Å². The molecule has 2 aromatic carbocycles. The number of carbonyl (C=O) groups excluding carboxylic acids is 4. The van der Waals surface area contributed by atoms with Crippen molar-refractivity contribution in [3.63, 3.8) is 0 Å². The highest BCUT2D eigenvalue weighted by Crippen LogP contribution is 2.22. The van der Waals surface area contributed by atoms with Crippen molar-refractivity contribution in [2.45, 2.75) is 19.4 Å². The van der Waals surface area contributed by atoms with E-state index in [4.69, 9.17) is 0 Å². The van der Waals surface area contributed by atoms with Crippen LogP contribution >= 0.6 is 0 Å². The number of amides is 3. The quantitative estimate of drug-likeness (QED) is 0.507. The van der Waals surface area contributed by atoms with E-state index in [1.165, 1.54) is 16.9 Å². The maximum atomic E-state index is 12.7. The number of carbonyl (C=O) groups is 4. The van der Waals surface area contributed by atoms with Crippen molar-refractivity contribution in [2.75, 3.05) is 20.2 Å². The van der Waals surface area contributed by atoms with Gasteiger partial charge in [0.15, 0.2) is 0 Å². The van der Waals surface area contributed by atoms with Crippen LogP contribution in [0.2, 0.25) is 0 Å². The van der Waals surface area contributed by atoms with Gasteiger partial charge in [0.2, 0.25) is 5.91 Å². The Kier molecular flexibility index (Phi) is 6.39. The van der Waals surface area contributed by atoms with Gasteiger partial charge in [-0.1, -0.05) is 42.5 Å². The molecule has 7 heteroatoms. The zero-order valence-corrected chi connectivity index (χ0v) is 16.2. The third-order valence-corrected chi connectivity index (χ3v) is 4.77. The highest BCUT2D eigenvalue weighted by molar-refractivity contribution is 6.21. The van der Waals surface area contributed by atoms with Crippen LogP contribution in [0.25, 0.3) is 0 Å². The van der Waals surface area contributed by atoms with E-state index in [0.29, 0.717) is 17.5 Å². The molecule has 2 aromatic rings. The Bertz CT molecular complexity index is 891. The topological polar surface area (TPSA) is 84.0 Å². The highest BCUT2D eigenvalue weighted by Gasteiger charge is 2.34. The van der Waals surface area contributed by atoms with Crippen molar-refractivity contribution in [3.8, 4) is 0 Å². The van der Waals surface area contributed by atoms with Crippen LogP contribution in [0.1, 0.15) is 39.1 Å². The van der Waals surface area contributed by atoms with Gasteiger partial charge in [0.05, 0.1) is 18.2 Å². The number of nitrogens with zero attached hydrogens (tertiary/aromatic N) is 2. The highest BCUT2D eigenvalue weighted by atomic mass is 16.5. The zero-order valence-electron chi connectivity index (χ0n) is 16.2. The summed E-state index contributed by atoms with van der Waals surface area (Å²) in [6.07, 6.45) is 0.425. The predicted octanol–water partition coefficient (Wildman–Crippen LogP) is 2.26. The molecule has 29 heavy (non-hydrogen) atoms. The molecule has 0 N–H and O–H groups in total. The Balaban J connectivity index is 1.59. The third-order valence-electron chi connectivity index (χ3n) is 4.77. The first-order valence-corrected chi connectivity index (χ1v) is 9.35. The number of benzene rings is 2. The fraction of sp³-hybridized carbons (Fsp3) is 0.273. The molecule has 0 saturated carbocycles. The molecule has 3 amide bonds. The van der Waals surface area contributed by atoms with Crippen molar-refractivity contribution < 1.29 is 23.9 Å². The zero-order chi connectivity index (χ0) is 20.8. The monoisotopic (exact) mass is 394 g/mol. The molecule has 0 radical (unpaired) electrons. The third kappa shape index (κ3) is 4.68. The number of esters is 1. The summed E-state index contributed by atoms with van der Waals surface area (Å²) in [7, 11) is 1.27. The van der Waals surface area contributed by atoms with Gasteiger partial charge in [-0.3, -0.25) is 24.1 Å². The summed E-state index contributed by atoms with van der Waals surface area (Å²) in [6.45, 7) is 0.272. The normalized spacial score (nSPS) is 12.7. The average Bonchev–Trinajstić information content (AvgIpc) is 2.99. The fourth-order valence-corrected chi connectivity index (χ4v) is 3.25. The standard InChI is InChI=1S/C22H22N2O5/c1-29-20(26)15-23(14-16-8-3-2-4-9-16)19(25)12-7-13-24-21(27)17-10-5-6-11-18(17)22(24)28/h2-6,8-11H,7,12-15H2,1H3. The van der Waals surface area contributed by atoms with E-state index in [1.54, 1.807) is 24.3 Å². The number of methoxy groups -OCH3 is 1. The molecule has 0 bridgehead atoms. The van der Waals surface area contributed by atoms with Crippen LogP contribution in [0, 0.1) is 0 Å². The number of imide groups is 1. The second-order valence-electron chi connectivity index (χ2n) is 6.72. The molecule has 0 atom stereocenters. The number of rotatable bonds is 8. The molecule has 0 aromatic heterocycles. The van der Waals surface area contributed by atoms with Crippen LogP contribution in [0.3, 0.4) is 0 Å². The maximum absolute atomic E-state index is 12.7. The molecule has 0 fully saturated rings. The van der Waals surface area contributed by atoms with Gasteiger partial charge < -0.3 is 9.64 Å². The Hall–Kier alpha value is -3.48. The summed E-state index contributed by atoms with van der Waals surface area (Å²) < 4.78 is 4.69. The van der Waals surface area contributed by atoms with Crippen LogP contribution in [0.4, 0.5) is 0 Å². The number of fused-ring (bicyclic) bond motifs is 1. The summed E-state index contributed by atoms with van der Waals surface area (Å²) >= 11 is 0. The molecule has 0 aliphatic carbocycles. The van der Waals surface area contributed by atoms with Gasteiger partial charge >= 0.3 is 5.97 Å². The number of hydrogen-bond donors (Lipinski definition) is 0. The lowest BCUT2D eigenvalue weighted by Gasteiger charge is -2.22. The van der Waals surface area contributed by atoms with Gasteiger partial charge in [0.1, 0.15) is 6.54 Å². The Morgan fingerprint density at radius 1 is 0.931 bits per heavy atom. The molecule has 1 aliphatic heterocycles. The molecular formula is C22H22N2O5. The smallest absolute Gasteiger partial charge is 0.325 e. The summed E-state index contributed by atoms with van der Waals surface area (Å²) in [4.78, 5) is 51.8. The second-order valence-corrected chi connectivity index (χ2v) is 6.72. The van der Waals surface area contributed by atoms with E-state index in [-0.39, 0.29) is 43.8 Å². The van der Waals surface area contributed by atoms with E-state index >= 15 is 0 Å². The number of ether oxygens (including phenoxy) is 1. The summed E-state index contributed by atoms with van der Waals surface area (Å²) in [5, 5.41) is 0. The largest absolute Gasteiger partial charge is 0.468 e. The minimum Gasteiger partial charge on any atom is -0.468 e. The lowest BCUT2D eigenvalue weighted by Crippen LogP contribution is -2.36. The minimum absolute atomic E-state index is 0.108.